The molecule has 0 spiro atoms. The summed E-state index contributed by atoms with van der Waals surface area (Å²) in [6, 6.07) is 5.04. The second-order valence-corrected chi connectivity index (χ2v) is 6.06. The highest BCUT2D eigenvalue weighted by atomic mass is 19.4. The van der Waals surface area contributed by atoms with Crippen molar-refractivity contribution in [2.24, 2.45) is 0 Å². The third kappa shape index (κ3) is 6.73. The summed E-state index contributed by atoms with van der Waals surface area (Å²) in [4.78, 5) is 22.8. The first-order valence-corrected chi connectivity index (χ1v) is 8.43. The van der Waals surface area contributed by atoms with Gasteiger partial charge in [0.15, 0.2) is 0 Å². The quantitative estimate of drug-likeness (QED) is 0.549. The second-order valence-electron chi connectivity index (χ2n) is 6.06. The van der Waals surface area contributed by atoms with Crippen molar-refractivity contribution >= 4 is 23.5 Å². The molecule has 1 amide bonds. The lowest BCUT2D eigenvalue weighted by atomic mass is 10.1. The summed E-state index contributed by atoms with van der Waals surface area (Å²) in [6.45, 7) is 2.15. The van der Waals surface area contributed by atoms with Crippen LogP contribution in [-0.2, 0) is 22.3 Å². The molecule has 8 heteroatoms. The normalized spacial score (nSPS) is 11.7. The van der Waals surface area contributed by atoms with E-state index in [0.717, 1.165) is 31.1 Å². The van der Waals surface area contributed by atoms with Gasteiger partial charge < -0.3 is 10.1 Å². The van der Waals surface area contributed by atoms with Gasteiger partial charge in [-0.1, -0.05) is 18.2 Å². The average molecular weight is 379 g/mol. The van der Waals surface area contributed by atoms with Crippen LogP contribution in [0.2, 0.25) is 0 Å². The van der Waals surface area contributed by atoms with Gasteiger partial charge in [0.05, 0.1) is 17.4 Å². The van der Waals surface area contributed by atoms with Crippen LogP contribution in [0.3, 0.4) is 0 Å². The van der Waals surface area contributed by atoms with Crippen LogP contribution in [0.25, 0.3) is 6.08 Å². The van der Waals surface area contributed by atoms with E-state index >= 15 is 0 Å². The Morgan fingerprint density at radius 3 is 2.67 bits per heavy atom. The van der Waals surface area contributed by atoms with E-state index in [2.05, 4.69) is 10.4 Å². The molecule has 0 atom stereocenters. The number of ketones is 1. The zero-order valence-corrected chi connectivity index (χ0v) is 14.8. The van der Waals surface area contributed by atoms with Crippen LogP contribution in [0.5, 0.6) is 0 Å². The molecule has 1 N–H and O–H groups in total. The van der Waals surface area contributed by atoms with Crippen LogP contribution in [-0.4, -0.2) is 21.5 Å². The Bertz CT molecular complexity index is 826. The Kier molecular flexibility index (Phi) is 6.92. The summed E-state index contributed by atoms with van der Waals surface area (Å²) >= 11 is 0. The number of carbonyl (C=O) groups excluding carboxylic acids is 2. The molecule has 1 heterocycles. The molecule has 0 aliphatic rings. The van der Waals surface area contributed by atoms with Crippen LogP contribution in [0, 0.1) is 0 Å². The van der Waals surface area contributed by atoms with Crippen molar-refractivity contribution in [3.05, 3.63) is 53.9 Å². The summed E-state index contributed by atoms with van der Waals surface area (Å²) < 4.78 is 40.4. The molecular weight excluding hydrogens is 359 g/mol. The number of anilines is 1. The minimum absolute atomic E-state index is 0.0821. The van der Waals surface area contributed by atoms with Crippen LogP contribution in [0.4, 0.5) is 18.9 Å². The number of alkyl halides is 3. The predicted octanol–water partition coefficient (Wildman–Crippen LogP) is 4.31. The van der Waals surface area contributed by atoms with Crippen molar-refractivity contribution in [1.82, 2.24) is 9.78 Å². The number of Topliss-reactive ketones (excluding diaryl/α,β-unsaturated/α-hetero) is 1. The topological polar surface area (TPSA) is 64.0 Å². The molecule has 0 aliphatic carbocycles. The summed E-state index contributed by atoms with van der Waals surface area (Å²) in [5, 5.41) is 6.65. The molecule has 144 valence electrons. The number of nitrogens with zero attached hydrogens (tertiary/aromatic N) is 2. The third-order valence-corrected chi connectivity index (χ3v) is 3.75. The molecule has 2 aromatic rings. The van der Waals surface area contributed by atoms with E-state index in [9.17, 15) is 22.8 Å². The maximum atomic E-state index is 12.9. The minimum atomic E-state index is -4.49. The molecule has 0 aliphatic heterocycles. The van der Waals surface area contributed by atoms with E-state index < -0.39 is 17.6 Å². The summed E-state index contributed by atoms with van der Waals surface area (Å²) in [6.07, 6.45) is 2.85. The van der Waals surface area contributed by atoms with Crippen molar-refractivity contribution in [1.29, 1.82) is 0 Å². The average Bonchev–Trinajstić information content (AvgIpc) is 3.03. The zero-order chi connectivity index (χ0) is 19.9. The first-order chi connectivity index (χ1) is 12.8. The Labute approximate surface area is 154 Å². The van der Waals surface area contributed by atoms with E-state index in [1.165, 1.54) is 24.4 Å². The number of hydrogen-bond donors (Lipinski definition) is 1. The van der Waals surface area contributed by atoms with Gasteiger partial charge in [-0.25, -0.2) is 0 Å². The number of aromatic nitrogens is 2. The highest BCUT2D eigenvalue weighted by molar-refractivity contribution is 6.01. The molecule has 0 saturated carbocycles. The van der Waals surface area contributed by atoms with Gasteiger partial charge in [-0.15, -0.1) is 0 Å². The number of benzene rings is 1. The van der Waals surface area contributed by atoms with Crippen LogP contribution in [0.1, 0.15) is 37.3 Å². The number of nitrogens with one attached hydrogen (secondary N) is 1. The SMILES string of the molecule is CC(=O)CCCCn1cc(NC(=O)C=Cc2ccccc2C(F)(F)F)cn1. The van der Waals surface area contributed by atoms with Gasteiger partial charge in [-0.2, -0.15) is 18.3 Å². The number of unbranched alkanes of at least 4 members (excludes halogenated alkanes) is 1. The Hall–Kier alpha value is -2.90. The third-order valence-electron chi connectivity index (χ3n) is 3.75. The largest absolute Gasteiger partial charge is 0.416 e. The highest BCUT2D eigenvalue weighted by Crippen LogP contribution is 2.32. The summed E-state index contributed by atoms with van der Waals surface area (Å²) in [5.41, 5.74) is -0.436. The van der Waals surface area contributed by atoms with Crippen LogP contribution >= 0.6 is 0 Å². The van der Waals surface area contributed by atoms with Crippen LogP contribution < -0.4 is 5.32 Å². The van der Waals surface area contributed by atoms with Gasteiger partial charge >= 0.3 is 6.18 Å². The molecule has 0 saturated heterocycles. The maximum absolute atomic E-state index is 12.9. The van der Waals surface area contributed by atoms with Gasteiger partial charge in [-0.05, 0) is 37.5 Å². The van der Waals surface area contributed by atoms with E-state index in [-0.39, 0.29) is 11.3 Å². The summed E-state index contributed by atoms with van der Waals surface area (Å²) in [5.74, 6) is -0.412. The number of hydrogen-bond acceptors (Lipinski definition) is 3. The predicted molar refractivity (Wildman–Crippen MR) is 95.9 cm³/mol. The minimum Gasteiger partial charge on any atom is -0.320 e. The fraction of sp³-hybridized carbons (Fsp3) is 0.316. The Morgan fingerprint density at radius 1 is 1.22 bits per heavy atom. The Morgan fingerprint density at radius 2 is 1.96 bits per heavy atom. The maximum Gasteiger partial charge on any atom is 0.416 e. The number of amides is 1. The molecule has 1 aromatic heterocycles. The highest BCUT2D eigenvalue weighted by Gasteiger charge is 2.32. The van der Waals surface area contributed by atoms with Crippen molar-refractivity contribution in [3.63, 3.8) is 0 Å². The molecule has 27 heavy (non-hydrogen) atoms. The molecule has 0 radical (unpaired) electrons. The number of carbonyl (C=O) groups is 2. The summed E-state index contributed by atoms with van der Waals surface area (Å²) in [7, 11) is 0. The van der Waals surface area contributed by atoms with Crippen molar-refractivity contribution in [2.45, 2.75) is 38.9 Å². The fourth-order valence-corrected chi connectivity index (χ4v) is 2.45. The number of aryl methyl sites for hydroxylation is 1. The van der Waals surface area contributed by atoms with Gasteiger partial charge in [0.25, 0.3) is 0 Å². The van der Waals surface area contributed by atoms with Gasteiger partial charge in [0.2, 0.25) is 5.91 Å². The first kappa shape index (κ1) is 20.4. The van der Waals surface area contributed by atoms with Crippen molar-refractivity contribution in [3.8, 4) is 0 Å². The monoisotopic (exact) mass is 379 g/mol. The Balaban J connectivity index is 1.91. The van der Waals surface area contributed by atoms with Crippen LogP contribution in [0.15, 0.2) is 42.7 Å². The zero-order valence-electron chi connectivity index (χ0n) is 14.8. The molecule has 5 nitrogen and oxygen atoms in total. The van der Waals surface area contributed by atoms with E-state index in [1.807, 2.05) is 0 Å². The van der Waals surface area contributed by atoms with E-state index in [4.69, 9.17) is 0 Å². The molecule has 0 bridgehead atoms. The molecule has 2 rings (SSSR count). The van der Waals surface area contributed by atoms with Gasteiger partial charge in [0.1, 0.15) is 5.78 Å². The standard InChI is InChI=1S/C19H20F3N3O2/c1-14(26)6-4-5-11-25-13-16(12-23-25)24-18(27)10-9-15-7-2-3-8-17(15)19(20,21)22/h2-3,7-10,12-13H,4-6,11H2,1H3,(H,24,27). The van der Waals surface area contributed by atoms with E-state index in [1.54, 1.807) is 17.8 Å². The van der Waals surface area contributed by atoms with Gasteiger partial charge in [-0.3, -0.25) is 9.48 Å². The number of halogens is 3. The van der Waals surface area contributed by atoms with E-state index in [0.29, 0.717) is 18.7 Å². The molecule has 1 aromatic carbocycles. The molecule has 0 fully saturated rings. The van der Waals surface area contributed by atoms with Gasteiger partial charge in [0, 0.05) is 25.2 Å². The lowest BCUT2D eigenvalue weighted by Crippen LogP contribution is -2.09. The molecule has 0 unspecified atom stereocenters. The second kappa shape index (κ2) is 9.16. The number of rotatable bonds is 8. The lowest BCUT2D eigenvalue weighted by molar-refractivity contribution is -0.137. The fourth-order valence-electron chi connectivity index (χ4n) is 2.45. The van der Waals surface area contributed by atoms with Crippen molar-refractivity contribution in [2.75, 3.05) is 5.32 Å². The molecular formula is C19H20F3N3O2. The lowest BCUT2D eigenvalue weighted by Gasteiger charge is -2.09. The first-order valence-electron chi connectivity index (χ1n) is 8.43. The van der Waals surface area contributed by atoms with Crippen molar-refractivity contribution < 1.29 is 22.8 Å². The smallest absolute Gasteiger partial charge is 0.320 e.